The molecule has 3 aromatic rings. The highest BCUT2D eigenvalue weighted by atomic mass is 19.4. The van der Waals surface area contributed by atoms with Gasteiger partial charge < -0.3 is 9.42 Å². The number of halogens is 4. The van der Waals surface area contributed by atoms with Gasteiger partial charge in [-0.15, -0.1) is 15.3 Å². The fourth-order valence-corrected chi connectivity index (χ4v) is 3.52. The van der Waals surface area contributed by atoms with Gasteiger partial charge in [0.1, 0.15) is 5.82 Å². The fourth-order valence-electron chi connectivity index (χ4n) is 3.52. The first-order valence-electron chi connectivity index (χ1n) is 8.91. The summed E-state index contributed by atoms with van der Waals surface area (Å²) in [4.78, 5) is 5.78. The minimum Gasteiger partial charge on any atom is -0.351 e. The van der Waals surface area contributed by atoms with E-state index in [1.165, 1.54) is 12.1 Å². The number of hydrogen-bond donors (Lipinski definition) is 0. The van der Waals surface area contributed by atoms with Crippen LogP contribution in [0.25, 0.3) is 5.65 Å². The highest BCUT2D eigenvalue weighted by molar-refractivity contribution is 5.47. The molecule has 148 valence electrons. The zero-order valence-electron chi connectivity index (χ0n) is 14.5. The van der Waals surface area contributed by atoms with Gasteiger partial charge in [-0.3, -0.25) is 0 Å². The van der Waals surface area contributed by atoms with Crippen LogP contribution in [0.15, 0.2) is 16.7 Å². The van der Waals surface area contributed by atoms with Gasteiger partial charge in [0.05, 0.1) is 6.54 Å². The maximum atomic E-state index is 15.4. The van der Waals surface area contributed by atoms with E-state index in [4.69, 9.17) is 4.52 Å². The zero-order chi connectivity index (χ0) is 19.5. The Morgan fingerprint density at radius 2 is 2.00 bits per heavy atom. The molecule has 0 N–H and O–H groups in total. The van der Waals surface area contributed by atoms with Gasteiger partial charge in [0.2, 0.25) is 5.67 Å². The van der Waals surface area contributed by atoms with Gasteiger partial charge in [-0.05, 0) is 25.0 Å². The normalized spacial score (nSPS) is 23.5. The second-order valence-corrected chi connectivity index (χ2v) is 7.21. The molecule has 0 amide bonds. The fraction of sp³-hybridized carbons (Fsp3) is 0.562. The number of alkyl halides is 4. The van der Waals surface area contributed by atoms with Crippen molar-refractivity contribution >= 4 is 11.5 Å². The van der Waals surface area contributed by atoms with E-state index in [0.29, 0.717) is 10.3 Å². The van der Waals surface area contributed by atoms with Crippen molar-refractivity contribution in [2.45, 2.75) is 43.4 Å². The molecule has 12 heteroatoms. The lowest BCUT2D eigenvalue weighted by molar-refractivity contribution is -0.146. The molecule has 1 atom stereocenters. The summed E-state index contributed by atoms with van der Waals surface area (Å²) in [5.41, 5.74) is -1.91. The molecule has 5 rings (SSSR count). The Labute approximate surface area is 155 Å². The van der Waals surface area contributed by atoms with Crippen LogP contribution in [0.3, 0.4) is 0 Å². The molecular formula is C16H15F4N7O. The lowest BCUT2D eigenvalue weighted by Gasteiger charge is -2.21. The largest absolute Gasteiger partial charge is 0.453 e. The molecule has 3 aromatic heterocycles. The maximum Gasteiger partial charge on any atom is 0.453 e. The molecule has 2 aliphatic rings. The predicted octanol–water partition coefficient (Wildman–Crippen LogP) is 2.87. The Morgan fingerprint density at radius 1 is 1.18 bits per heavy atom. The monoisotopic (exact) mass is 397 g/mol. The van der Waals surface area contributed by atoms with Crippen molar-refractivity contribution < 1.29 is 22.1 Å². The lowest BCUT2D eigenvalue weighted by Crippen LogP contribution is -2.28. The molecule has 1 saturated heterocycles. The summed E-state index contributed by atoms with van der Waals surface area (Å²) < 4.78 is 60.3. The van der Waals surface area contributed by atoms with E-state index >= 15 is 4.39 Å². The molecule has 0 aromatic carbocycles. The average molecular weight is 397 g/mol. The summed E-state index contributed by atoms with van der Waals surface area (Å²) in [6, 6.07) is 2.85. The second-order valence-electron chi connectivity index (χ2n) is 7.21. The topological polar surface area (TPSA) is 85.2 Å². The number of fused-ring (bicyclic) bond motifs is 1. The molecule has 1 aliphatic carbocycles. The molecule has 4 heterocycles. The Hall–Kier alpha value is -2.79. The SMILES string of the molecule is FC(F)(F)c1nnc2ccc(N3CCC(F)(c4nc(C5CCC5)no4)C3)nn12. The molecule has 1 saturated carbocycles. The van der Waals surface area contributed by atoms with Crippen LogP contribution in [-0.4, -0.2) is 43.0 Å². The molecule has 1 aliphatic heterocycles. The molecule has 2 fully saturated rings. The van der Waals surface area contributed by atoms with E-state index in [9.17, 15) is 13.2 Å². The molecular weight excluding hydrogens is 382 g/mol. The number of rotatable bonds is 3. The van der Waals surface area contributed by atoms with Gasteiger partial charge in [0.15, 0.2) is 11.5 Å². The molecule has 1 unspecified atom stereocenters. The van der Waals surface area contributed by atoms with Crippen molar-refractivity contribution in [1.29, 1.82) is 0 Å². The first kappa shape index (κ1) is 17.3. The zero-order valence-corrected chi connectivity index (χ0v) is 14.5. The quantitative estimate of drug-likeness (QED) is 0.628. The molecule has 28 heavy (non-hydrogen) atoms. The first-order valence-corrected chi connectivity index (χ1v) is 8.91. The summed E-state index contributed by atoms with van der Waals surface area (Å²) in [6.45, 7) is 0.112. The van der Waals surface area contributed by atoms with Crippen molar-refractivity contribution in [2.75, 3.05) is 18.0 Å². The van der Waals surface area contributed by atoms with Gasteiger partial charge in [0, 0.05) is 18.9 Å². The van der Waals surface area contributed by atoms with Crippen molar-refractivity contribution in [2.24, 2.45) is 0 Å². The average Bonchev–Trinajstić information content (AvgIpc) is 3.30. The Morgan fingerprint density at radius 3 is 2.71 bits per heavy atom. The predicted molar refractivity (Wildman–Crippen MR) is 86.3 cm³/mol. The Kier molecular flexibility index (Phi) is 3.62. The third-order valence-corrected chi connectivity index (χ3v) is 5.34. The number of hydrogen-bond acceptors (Lipinski definition) is 7. The number of anilines is 1. The smallest absolute Gasteiger partial charge is 0.351 e. The van der Waals surface area contributed by atoms with E-state index in [2.05, 4.69) is 25.4 Å². The standard InChI is InChI=1S/C16H15F4N7O/c17-15(14-21-12(25-28-14)9-2-1-3-9)6-7-26(8-15)11-5-4-10-22-23-13(16(18,19)20)27(10)24-11/h4-5,9H,1-3,6-8H2. The summed E-state index contributed by atoms with van der Waals surface area (Å²) in [5.74, 6) is -0.376. The van der Waals surface area contributed by atoms with Gasteiger partial charge in [0.25, 0.3) is 11.7 Å². The van der Waals surface area contributed by atoms with Crippen molar-refractivity contribution in [3.05, 3.63) is 29.7 Å². The van der Waals surface area contributed by atoms with Crippen LogP contribution in [0.5, 0.6) is 0 Å². The Bertz CT molecular complexity index is 1030. The first-order chi connectivity index (χ1) is 13.3. The molecule has 0 radical (unpaired) electrons. The van der Waals surface area contributed by atoms with E-state index in [0.717, 1.165) is 19.3 Å². The van der Waals surface area contributed by atoms with Gasteiger partial charge in [-0.1, -0.05) is 11.6 Å². The van der Waals surface area contributed by atoms with Crippen LogP contribution >= 0.6 is 0 Å². The van der Waals surface area contributed by atoms with Crippen LogP contribution < -0.4 is 4.90 Å². The summed E-state index contributed by atoms with van der Waals surface area (Å²) >= 11 is 0. The molecule has 0 bridgehead atoms. The van der Waals surface area contributed by atoms with Gasteiger partial charge >= 0.3 is 6.18 Å². The van der Waals surface area contributed by atoms with Gasteiger partial charge in [-0.25, -0.2) is 4.39 Å². The highest BCUT2D eigenvalue weighted by Gasteiger charge is 2.46. The van der Waals surface area contributed by atoms with Crippen molar-refractivity contribution in [3.8, 4) is 0 Å². The minimum absolute atomic E-state index is 0.0381. The number of aromatic nitrogens is 6. The van der Waals surface area contributed by atoms with Crippen LogP contribution in [0.2, 0.25) is 0 Å². The summed E-state index contributed by atoms with van der Waals surface area (Å²) in [5, 5.41) is 14.5. The van der Waals surface area contributed by atoms with Crippen LogP contribution in [0.4, 0.5) is 23.4 Å². The molecule has 8 nitrogen and oxygen atoms in total. The van der Waals surface area contributed by atoms with Crippen LogP contribution in [-0.2, 0) is 11.8 Å². The summed E-state index contributed by atoms with van der Waals surface area (Å²) in [6.07, 6.45) is -1.58. The van der Waals surface area contributed by atoms with Crippen molar-refractivity contribution in [1.82, 2.24) is 30.0 Å². The molecule has 0 spiro atoms. The second kappa shape index (κ2) is 5.85. The van der Waals surface area contributed by atoms with Gasteiger partial charge in [-0.2, -0.15) is 22.7 Å². The third kappa shape index (κ3) is 2.69. The summed E-state index contributed by atoms with van der Waals surface area (Å²) in [7, 11) is 0. The number of nitrogens with zero attached hydrogens (tertiary/aromatic N) is 7. The Balaban J connectivity index is 1.41. The maximum absolute atomic E-state index is 15.4. The van der Waals surface area contributed by atoms with E-state index in [1.54, 1.807) is 4.90 Å². The van der Waals surface area contributed by atoms with E-state index in [-0.39, 0.29) is 42.8 Å². The third-order valence-electron chi connectivity index (χ3n) is 5.34. The minimum atomic E-state index is -4.69. The van der Waals surface area contributed by atoms with E-state index in [1.807, 2.05) is 0 Å². The lowest BCUT2D eigenvalue weighted by atomic mass is 9.85. The van der Waals surface area contributed by atoms with Crippen LogP contribution in [0.1, 0.15) is 49.1 Å². The van der Waals surface area contributed by atoms with E-state index < -0.39 is 17.7 Å². The van der Waals surface area contributed by atoms with Crippen LogP contribution in [0, 0.1) is 0 Å². The highest BCUT2D eigenvalue weighted by Crippen LogP contribution is 2.40. The van der Waals surface area contributed by atoms with Crippen molar-refractivity contribution in [3.63, 3.8) is 0 Å².